The Balaban J connectivity index is 2.39. The lowest BCUT2D eigenvalue weighted by Crippen LogP contribution is -2.33. The molecular weight excluding hydrogens is 212 g/mol. The Morgan fingerprint density at radius 2 is 2.25 bits per heavy atom. The highest BCUT2D eigenvalue weighted by Gasteiger charge is 2.29. The topological polar surface area (TPSA) is 92.4 Å². The van der Waals surface area contributed by atoms with Gasteiger partial charge in [-0.25, -0.2) is 0 Å². The fraction of sp³-hybridized carbons (Fsp3) is 0.500. The minimum absolute atomic E-state index is 0.0693. The molecule has 1 rings (SSSR count). The molecule has 0 aliphatic carbocycles. The zero-order valence-electron chi connectivity index (χ0n) is 9.19. The van der Waals surface area contributed by atoms with Crippen LogP contribution < -0.4 is 5.32 Å². The van der Waals surface area contributed by atoms with E-state index in [4.69, 9.17) is 5.11 Å². The summed E-state index contributed by atoms with van der Waals surface area (Å²) in [6.07, 6.45) is 1.34. The molecule has 0 aliphatic heterocycles. The number of carbonyl (C=O) groups is 2. The predicted octanol–water partition coefficient (Wildman–Crippen LogP) is 0.792. The summed E-state index contributed by atoms with van der Waals surface area (Å²) in [7, 11) is 0. The number of aromatic nitrogens is 1. The molecule has 0 unspecified atom stereocenters. The van der Waals surface area contributed by atoms with Crippen molar-refractivity contribution in [3.63, 3.8) is 0 Å². The summed E-state index contributed by atoms with van der Waals surface area (Å²) in [5, 5.41) is 15.0. The van der Waals surface area contributed by atoms with Crippen LogP contribution in [0.3, 0.4) is 0 Å². The number of nitrogens with zero attached hydrogens (tertiary/aromatic N) is 1. The second-order valence-corrected chi connectivity index (χ2v) is 4.13. The molecule has 0 fully saturated rings. The molecule has 0 radical (unpaired) electrons. The Morgan fingerprint density at radius 1 is 1.56 bits per heavy atom. The van der Waals surface area contributed by atoms with Gasteiger partial charge in [0.15, 0.2) is 0 Å². The van der Waals surface area contributed by atoms with E-state index in [2.05, 4.69) is 15.0 Å². The van der Waals surface area contributed by atoms with Crippen LogP contribution in [0.4, 0.5) is 0 Å². The number of nitrogens with one attached hydrogen (secondary N) is 1. The number of rotatable bonds is 5. The van der Waals surface area contributed by atoms with Gasteiger partial charge in [0.1, 0.15) is 12.0 Å². The second kappa shape index (κ2) is 4.78. The van der Waals surface area contributed by atoms with Crippen LogP contribution in [-0.2, 0) is 16.1 Å². The van der Waals surface area contributed by atoms with Crippen LogP contribution in [0.1, 0.15) is 26.0 Å². The van der Waals surface area contributed by atoms with Gasteiger partial charge in [0, 0.05) is 12.5 Å². The first-order valence-corrected chi connectivity index (χ1v) is 4.81. The molecule has 0 saturated heterocycles. The fourth-order valence-electron chi connectivity index (χ4n) is 1.06. The van der Waals surface area contributed by atoms with Crippen molar-refractivity contribution in [2.45, 2.75) is 26.8 Å². The summed E-state index contributed by atoms with van der Waals surface area (Å²) >= 11 is 0. The van der Waals surface area contributed by atoms with Crippen molar-refractivity contribution < 1.29 is 19.2 Å². The van der Waals surface area contributed by atoms with Gasteiger partial charge < -0.3 is 14.9 Å². The summed E-state index contributed by atoms with van der Waals surface area (Å²) in [6.45, 7) is 3.25. The summed E-state index contributed by atoms with van der Waals surface area (Å²) in [5.41, 5.74) is -0.463. The first-order valence-electron chi connectivity index (χ1n) is 4.81. The minimum atomic E-state index is -1.06. The molecule has 1 aromatic heterocycles. The molecular formula is C10H14N2O4. The molecule has 0 atom stereocenters. The number of amides is 1. The van der Waals surface area contributed by atoms with Gasteiger partial charge in [-0.15, -0.1) is 0 Å². The van der Waals surface area contributed by atoms with Gasteiger partial charge >= 0.3 is 5.97 Å². The van der Waals surface area contributed by atoms with Crippen molar-refractivity contribution in [2.75, 3.05) is 0 Å². The minimum Gasteiger partial charge on any atom is -0.481 e. The monoisotopic (exact) mass is 226 g/mol. The van der Waals surface area contributed by atoms with E-state index >= 15 is 0 Å². The van der Waals surface area contributed by atoms with Crippen molar-refractivity contribution in [3.05, 3.63) is 18.0 Å². The predicted molar refractivity (Wildman–Crippen MR) is 54.4 cm³/mol. The van der Waals surface area contributed by atoms with Gasteiger partial charge in [-0.2, -0.15) is 0 Å². The SMILES string of the molecule is CC(C)(CC(=O)NCc1ccon1)C(=O)O. The lowest BCUT2D eigenvalue weighted by atomic mass is 9.89. The lowest BCUT2D eigenvalue weighted by Gasteiger charge is -2.17. The largest absolute Gasteiger partial charge is 0.481 e. The lowest BCUT2D eigenvalue weighted by molar-refractivity contribution is -0.149. The third-order valence-electron chi connectivity index (χ3n) is 2.14. The maximum absolute atomic E-state index is 11.4. The van der Waals surface area contributed by atoms with E-state index in [0.29, 0.717) is 5.69 Å². The Morgan fingerprint density at radius 3 is 2.75 bits per heavy atom. The van der Waals surface area contributed by atoms with Crippen molar-refractivity contribution in [1.29, 1.82) is 0 Å². The molecule has 1 amide bonds. The molecule has 6 nitrogen and oxygen atoms in total. The zero-order valence-corrected chi connectivity index (χ0v) is 9.19. The van der Waals surface area contributed by atoms with Gasteiger partial charge in [0.25, 0.3) is 0 Å². The van der Waals surface area contributed by atoms with E-state index < -0.39 is 11.4 Å². The summed E-state index contributed by atoms with van der Waals surface area (Å²) in [5.74, 6) is -1.32. The van der Waals surface area contributed by atoms with Gasteiger partial charge in [-0.1, -0.05) is 5.16 Å². The maximum atomic E-state index is 11.4. The molecule has 0 aliphatic rings. The zero-order chi connectivity index (χ0) is 12.2. The number of carbonyl (C=O) groups excluding carboxylic acids is 1. The maximum Gasteiger partial charge on any atom is 0.309 e. The van der Waals surface area contributed by atoms with Gasteiger partial charge in [-0.05, 0) is 13.8 Å². The van der Waals surface area contributed by atoms with Crippen LogP contribution in [-0.4, -0.2) is 22.1 Å². The second-order valence-electron chi connectivity index (χ2n) is 4.13. The Labute approximate surface area is 92.6 Å². The highest BCUT2D eigenvalue weighted by atomic mass is 16.5. The molecule has 16 heavy (non-hydrogen) atoms. The number of aliphatic carboxylic acids is 1. The van der Waals surface area contributed by atoms with Crippen LogP contribution in [0.2, 0.25) is 0 Å². The van der Waals surface area contributed by atoms with Crippen LogP contribution in [0.15, 0.2) is 16.9 Å². The molecule has 0 spiro atoms. The molecule has 0 saturated carbocycles. The molecule has 1 aromatic rings. The van der Waals surface area contributed by atoms with E-state index in [0.717, 1.165) is 0 Å². The standard InChI is InChI=1S/C10H14N2O4/c1-10(2,9(14)15)5-8(13)11-6-7-3-4-16-12-7/h3-4H,5-6H2,1-2H3,(H,11,13)(H,14,15). The first-order chi connectivity index (χ1) is 7.42. The summed E-state index contributed by atoms with van der Waals surface area (Å²) in [4.78, 5) is 22.2. The number of carboxylic acids is 1. The van der Waals surface area contributed by atoms with Crippen LogP contribution in [0.25, 0.3) is 0 Å². The highest BCUT2D eigenvalue weighted by Crippen LogP contribution is 2.19. The average molecular weight is 226 g/mol. The molecule has 6 heteroatoms. The Bertz CT molecular complexity index is 370. The van der Waals surface area contributed by atoms with Crippen molar-refractivity contribution >= 4 is 11.9 Å². The number of carboxylic acid groups (broad SMARTS) is 1. The van der Waals surface area contributed by atoms with Gasteiger partial charge in [0.2, 0.25) is 5.91 Å². The van der Waals surface area contributed by atoms with E-state index in [1.54, 1.807) is 6.07 Å². The normalized spacial score (nSPS) is 11.1. The van der Waals surface area contributed by atoms with Crippen LogP contribution in [0, 0.1) is 5.41 Å². The van der Waals surface area contributed by atoms with Gasteiger partial charge in [-0.3, -0.25) is 9.59 Å². The van der Waals surface area contributed by atoms with E-state index in [1.165, 1.54) is 20.1 Å². The molecule has 0 aromatic carbocycles. The molecule has 0 bridgehead atoms. The van der Waals surface area contributed by atoms with E-state index in [-0.39, 0.29) is 18.9 Å². The van der Waals surface area contributed by atoms with Crippen molar-refractivity contribution in [3.8, 4) is 0 Å². The van der Waals surface area contributed by atoms with Crippen molar-refractivity contribution in [1.82, 2.24) is 10.5 Å². The summed E-state index contributed by atoms with van der Waals surface area (Å²) in [6, 6.07) is 1.63. The molecule has 88 valence electrons. The first kappa shape index (κ1) is 12.2. The van der Waals surface area contributed by atoms with Crippen LogP contribution in [0.5, 0.6) is 0 Å². The molecule has 2 N–H and O–H groups in total. The van der Waals surface area contributed by atoms with Gasteiger partial charge in [0.05, 0.1) is 12.0 Å². The Hall–Kier alpha value is -1.85. The third kappa shape index (κ3) is 3.38. The van der Waals surface area contributed by atoms with E-state index in [1.807, 2.05) is 0 Å². The van der Waals surface area contributed by atoms with Crippen molar-refractivity contribution in [2.24, 2.45) is 5.41 Å². The number of hydrogen-bond donors (Lipinski definition) is 2. The average Bonchev–Trinajstić information content (AvgIpc) is 2.66. The Kier molecular flexibility index (Phi) is 3.65. The highest BCUT2D eigenvalue weighted by molar-refractivity contribution is 5.84. The number of hydrogen-bond acceptors (Lipinski definition) is 4. The fourth-order valence-corrected chi connectivity index (χ4v) is 1.06. The third-order valence-corrected chi connectivity index (χ3v) is 2.14. The molecule has 1 heterocycles. The van der Waals surface area contributed by atoms with Crippen LogP contribution >= 0.6 is 0 Å². The quantitative estimate of drug-likeness (QED) is 0.774. The summed E-state index contributed by atoms with van der Waals surface area (Å²) < 4.78 is 4.59. The van der Waals surface area contributed by atoms with E-state index in [9.17, 15) is 9.59 Å². The smallest absolute Gasteiger partial charge is 0.309 e.